The predicted molar refractivity (Wildman–Crippen MR) is 121 cm³/mol. The standard InChI is InChI=1S/C23H21N3O4.CH4/c1-28-20-9-16-12-25-11-15(18(16)10-21(20)29-2)8-17-7-6-14-4-3-5-19(23(14)26-17)30-13-22(24)27;/h3-7,9-12H,8,13H2,1-2H3,(H2,24,27);1H4. The Morgan fingerprint density at radius 2 is 1.74 bits per heavy atom. The summed E-state index contributed by atoms with van der Waals surface area (Å²) in [5.41, 5.74) is 7.75. The number of hydrogen-bond donors (Lipinski definition) is 1. The minimum atomic E-state index is -0.533. The van der Waals surface area contributed by atoms with Crippen molar-refractivity contribution in [3.05, 3.63) is 66.1 Å². The Bertz CT molecular complexity index is 1240. The van der Waals surface area contributed by atoms with E-state index in [0.29, 0.717) is 29.2 Å². The molecular weight excluding hydrogens is 394 g/mol. The quantitative estimate of drug-likeness (QED) is 0.488. The highest BCUT2D eigenvalue weighted by Gasteiger charge is 2.12. The number of rotatable bonds is 7. The third-order valence-electron chi connectivity index (χ3n) is 4.83. The van der Waals surface area contributed by atoms with Crippen molar-refractivity contribution in [3.63, 3.8) is 0 Å². The molecule has 0 saturated carbocycles. The number of aromatic nitrogens is 2. The largest absolute Gasteiger partial charge is 0.493 e. The summed E-state index contributed by atoms with van der Waals surface area (Å²) in [6.45, 7) is -0.195. The number of ether oxygens (including phenoxy) is 3. The molecule has 4 aromatic rings. The molecule has 0 aliphatic carbocycles. The molecule has 160 valence electrons. The summed E-state index contributed by atoms with van der Waals surface area (Å²) in [5.74, 6) is 1.31. The van der Waals surface area contributed by atoms with Gasteiger partial charge < -0.3 is 19.9 Å². The van der Waals surface area contributed by atoms with Gasteiger partial charge in [-0.1, -0.05) is 25.6 Å². The third-order valence-corrected chi connectivity index (χ3v) is 4.83. The van der Waals surface area contributed by atoms with Crippen molar-refractivity contribution >= 4 is 27.6 Å². The number of primary amides is 1. The number of carbonyl (C=O) groups is 1. The molecule has 1 amide bonds. The van der Waals surface area contributed by atoms with Crippen LogP contribution in [0.2, 0.25) is 0 Å². The highest BCUT2D eigenvalue weighted by atomic mass is 16.5. The molecule has 2 aromatic carbocycles. The van der Waals surface area contributed by atoms with E-state index in [1.807, 2.05) is 42.6 Å². The molecule has 7 heteroatoms. The number of fused-ring (bicyclic) bond motifs is 2. The fourth-order valence-electron chi connectivity index (χ4n) is 3.42. The van der Waals surface area contributed by atoms with E-state index in [4.69, 9.17) is 24.9 Å². The van der Waals surface area contributed by atoms with Crippen LogP contribution in [0.5, 0.6) is 17.2 Å². The molecule has 4 rings (SSSR count). The number of methoxy groups -OCH3 is 2. The number of nitrogens with two attached hydrogens (primary N) is 1. The van der Waals surface area contributed by atoms with E-state index < -0.39 is 5.91 Å². The average molecular weight is 419 g/mol. The summed E-state index contributed by atoms with van der Waals surface area (Å²) in [6.07, 6.45) is 4.19. The second-order valence-corrected chi connectivity index (χ2v) is 6.79. The number of pyridine rings is 2. The third kappa shape index (κ3) is 4.50. The molecule has 2 aromatic heterocycles. The van der Waals surface area contributed by atoms with Crippen LogP contribution in [0.4, 0.5) is 0 Å². The van der Waals surface area contributed by atoms with Gasteiger partial charge in [-0.2, -0.15) is 0 Å². The van der Waals surface area contributed by atoms with Crippen molar-refractivity contribution in [2.24, 2.45) is 5.73 Å². The first-order chi connectivity index (χ1) is 14.6. The van der Waals surface area contributed by atoms with E-state index in [9.17, 15) is 4.79 Å². The first-order valence-corrected chi connectivity index (χ1v) is 9.37. The van der Waals surface area contributed by atoms with Gasteiger partial charge in [0.1, 0.15) is 11.3 Å². The maximum absolute atomic E-state index is 11.1. The first-order valence-electron chi connectivity index (χ1n) is 9.37. The van der Waals surface area contributed by atoms with Crippen LogP contribution in [0.3, 0.4) is 0 Å². The van der Waals surface area contributed by atoms with Gasteiger partial charge in [0.2, 0.25) is 0 Å². The summed E-state index contributed by atoms with van der Waals surface area (Å²) in [6, 6.07) is 13.4. The molecule has 0 spiro atoms. The second kappa shape index (κ2) is 9.30. The van der Waals surface area contributed by atoms with Crippen LogP contribution < -0.4 is 19.9 Å². The zero-order valence-electron chi connectivity index (χ0n) is 16.7. The highest BCUT2D eigenvalue weighted by molar-refractivity contribution is 5.89. The zero-order chi connectivity index (χ0) is 21.1. The lowest BCUT2D eigenvalue weighted by molar-refractivity contribution is -0.119. The molecule has 2 heterocycles. The Hall–Kier alpha value is -3.87. The topological polar surface area (TPSA) is 96.6 Å². The van der Waals surface area contributed by atoms with Gasteiger partial charge >= 0.3 is 0 Å². The predicted octanol–water partition coefficient (Wildman–Crippen LogP) is 3.89. The summed E-state index contributed by atoms with van der Waals surface area (Å²) < 4.78 is 16.4. The lowest BCUT2D eigenvalue weighted by Gasteiger charge is -2.12. The average Bonchev–Trinajstić information content (AvgIpc) is 2.76. The summed E-state index contributed by atoms with van der Waals surface area (Å²) in [4.78, 5) is 20.2. The van der Waals surface area contributed by atoms with Gasteiger partial charge in [-0.05, 0) is 35.2 Å². The van der Waals surface area contributed by atoms with Crippen LogP contribution in [0.1, 0.15) is 18.7 Å². The van der Waals surface area contributed by atoms with Crippen molar-refractivity contribution in [1.29, 1.82) is 0 Å². The van der Waals surface area contributed by atoms with Gasteiger partial charge in [0.05, 0.1) is 14.2 Å². The second-order valence-electron chi connectivity index (χ2n) is 6.79. The monoisotopic (exact) mass is 419 g/mol. The SMILES string of the molecule is C.COc1cc2cncc(Cc3ccc4cccc(OCC(N)=O)c4n3)c2cc1OC. The van der Waals surface area contributed by atoms with Gasteiger partial charge in [-0.15, -0.1) is 0 Å². The van der Waals surface area contributed by atoms with E-state index >= 15 is 0 Å². The molecule has 0 fully saturated rings. The molecule has 0 aliphatic rings. The molecule has 0 bridgehead atoms. The molecule has 0 atom stereocenters. The van der Waals surface area contributed by atoms with Crippen LogP contribution in [0.15, 0.2) is 54.9 Å². The molecule has 7 nitrogen and oxygen atoms in total. The maximum atomic E-state index is 11.1. The Labute approximate surface area is 180 Å². The number of nitrogens with zero attached hydrogens (tertiary/aromatic N) is 2. The van der Waals surface area contributed by atoms with Crippen LogP contribution in [0.25, 0.3) is 21.7 Å². The number of hydrogen-bond acceptors (Lipinski definition) is 6. The minimum Gasteiger partial charge on any atom is -0.493 e. The Balaban J connectivity index is 0.00000272. The smallest absolute Gasteiger partial charge is 0.255 e. The van der Waals surface area contributed by atoms with E-state index in [0.717, 1.165) is 27.4 Å². The fraction of sp³-hybridized carbons (Fsp3) is 0.208. The van der Waals surface area contributed by atoms with Gasteiger partial charge in [0, 0.05) is 35.3 Å². The molecule has 31 heavy (non-hydrogen) atoms. The Morgan fingerprint density at radius 1 is 0.968 bits per heavy atom. The molecule has 0 radical (unpaired) electrons. The van der Waals surface area contributed by atoms with Gasteiger partial charge in [-0.25, -0.2) is 4.98 Å². The molecule has 2 N–H and O–H groups in total. The van der Waals surface area contributed by atoms with Crippen molar-refractivity contribution in [3.8, 4) is 17.2 Å². The summed E-state index contributed by atoms with van der Waals surface area (Å²) in [7, 11) is 3.22. The first kappa shape index (κ1) is 21.8. The van der Waals surface area contributed by atoms with E-state index in [2.05, 4.69) is 4.98 Å². The van der Waals surface area contributed by atoms with Crippen molar-refractivity contribution in [2.45, 2.75) is 13.8 Å². The number of amides is 1. The Kier molecular flexibility index (Phi) is 6.55. The van der Waals surface area contributed by atoms with Crippen molar-refractivity contribution in [1.82, 2.24) is 9.97 Å². The Morgan fingerprint density at radius 3 is 2.48 bits per heavy atom. The zero-order valence-corrected chi connectivity index (χ0v) is 16.7. The number of benzene rings is 2. The van der Waals surface area contributed by atoms with Gasteiger partial charge in [-0.3, -0.25) is 9.78 Å². The molecule has 0 aliphatic heterocycles. The molecule has 0 unspecified atom stereocenters. The molecule has 0 saturated heterocycles. The number of carbonyl (C=O) groups excluding carboxylic acids is 1. The minimum absolute atomic E-state index is 0. The van der Waals surface area contributed by atoms with Crippen LogP contribution in [-0.4, -0.2) is 36.7 Å². The van der Waals surface area contributed by atoms with Crippen LogP contribution >= 0.6 is 0 Å². The summed E-state index contributed by atoms with van der Waals surface area (Å²) in [5, 5.41) is 2.89. The summed E-state index contributed by atoms with van der Waals surface area (Å²) >= 11 is 0. The lowest BCUT2D eigenvalue weighted by atomic mass is 10.0. The van der Waals surface area contributed by atoms with Crippen molar-refractivity contribution < 1.29 is 19.0 Å². The van der Waals surface area contributed by atoms with Gasteiger partial charge in [0.25, 0.3) is 5.91 Å². The van der Waals surface area contributed by atoms with Crippen LogP contribution in [-0.2, 0) is 11.2 Å². The molecular formula is C24H25N3O4. The lowest BCUT2D eigenvalue weighted by Crippen LogP contribution is -2.20. The number of para-hydroxylation sites is 1. The maximum Gasteiger partial charge on any atom is 0.255 e. The highest BCUT2D eigenvalue weighted by Crippen LogP contribution is 2.34. The fourth-order valence-corrected chi connectivity index (χ4v) is 3.42. The van der Waals surface area contributed by atoms with E-state index in [1.165, 1.54) is 0 Å². The van der Waals surface area contributed by atoms with E-state index in [-0.39, 0.29) is 14.0 Å². The normalized spacial score (nSPS) is 10.5. The van der Waals surface area contributed by atoms with Crippen LogP contribution in [0, 0.1) is 0 Å². The van der Waals surface area contributed by atoms with Crippen molar-refractivity contribution in [2.75, 3.05) is 20.8 Å². The van der Waals surface area contributed by atoms with E-state index in [1.54, 1.807) is 26.5 Å². The van der Waals surface area contributed by atoms with Gasteiger partial charge in [0.15, 0.2) is 18.1 Å².